The van der Waals surface area contributed by atoms with E-state index in [2.05, 4.69) is 41.2 Å². The first-order valence-corrected chi connectivity index (χ1v) is 8.03. The smallest absolute Gasteiger partial charge is 0.322 e. The van der Waals surface area contributed by atoms with E-state index in [1.54, 1.807) is 16.8 Å². The van der Waals surface area contributed by atoms with Crippen molar-refractivity contribution in [3.05, 3.63) is 24.0 Å². The van der Waals surface area contributed by atoms with Crippen LogP contribution in [0.2, 0.25) is 0 Å². The molecule has 2 aromatic rings. The van der Waals surface area contributed by atoms with E-state index in [4.69, 9.17) is 0 Å². The van der Waals surface area contributed by atoms with Gasteiger partial charge in [0.25, 0.3) is 0 Å². The molecule has 0 unspecified atom stereocenters. The van der Waals surface area contributed by atoms with Crippen molar-refractivity contribution in [2.24, 2.45) is 5.92 Å². The molecule has 7 nitrogen and oxygen atoms in total. The number of nitrogens with zero attached hydrogens (tertiary/aromatic N) is 5. The molecule has 2 amide bonds. The largest absolute Gasteiger partial charge is 0.323 e. The first kappa shape index (κ1) is 15.7. The van der Waals surface area contributed by atoms with E-state index in [1.165, 1.54) is 0 Å². The van der Waals surface area contributed by atoms with Crippen LogP contribution in [-0.2, 0) is 0 Å². The minimum atomic E-state index is -0.0793. The molecule has 2 aromatic heterocycles. The second kappa shape index (κ2) is 6.16. The number of anilines is 1. The highest BCUT2D eigenvalue weighted by Gasteiger charge is 2.29. The van der Waals surface area contributed by atoms with E-state index in [0.29, 0.717) is 17.8 Å². The Morgan fingerprint density at radius 1 is 1.39 bits per heavy atom. The van der Waals surface area contributed by atoms with Crippen LogP contribution in [0, 0.1) is 12.8 Å². The number of rotatable bonds is 2. The van der Waals surface area contributed by atoms with Crippen molar-refractivity contribution in [3.63, 3.8) is 0 Å². The molecule has 1 fully saturated rings. The topological polar surface area (TPSA) is 65.8 Å². The molecule has 0 bridgehead atoms. The minimum Gasteiger partial charge on any atom is -0.322 e. The Labute approximate surface area is 136 Å². The molecule has 0 aliphatic carbocycles. The lowest BCUT2D eigenvalue weighted by Crippen LogP contribution is -2.56. The van der Waals surface area contributed by atoms with Gasteiger partial charge >= 0.3 is 6.03 Å². The Morgan fingerprint density at radius 3 is 2.91 bits per heavy atom. The molecular weight excluding hydrogens is 292 g/mol. The number of fused-ring (bicyclic) bond motifs is 1. The summed E-state index contributed by atoms with van der Waals surface area (Å²) in [4.78, 5) is 21.1. The summed E-state index contributed by atoms with van der Waals surface area (Å²) in [5.41, 5.74) is 1.61. The maximum atomic E-state index is 12.6. The predicted molar refractivity (Wildman–Crippen MR) is 89.6 cm³/mol. The number of aryl methyl sites for hydroxylation is 1. The Bertz CT molecular complexity index is 710. The summed E-state index contributed by atoms with van der Waals surface area (Å²) in [6.07, 6.45) is 1.69. The van der Waals surface area contributed by atoms with Gasteiger partial charge in [0, 0.05) is 37.9 Å². The quantitative estimate of drug-likeness (QED) is 0.918. The number of hydrogen-bond acceptors (Lipinski definition) is 4. The molecule has 0 radical (unpaired) electrons. The summed E-state index contributed by atoms with van der Waals surface area (Å²) in [5, 5.41) is 7.35. The SMILES string of the molecule is Cc1cc2nccc(NC(=O)N3CCN(C)[C@@H](C(C)C)C3)n2n1. The number of urea groups is 1. The number of carbonyl (C=O) groups is 1. The van der Waals surface area contributed by atoms with Gasteiger partial charge in [-0.15, -0.1) is 0 Å². The zero-order valence-corrected chi connectivity index (χ0v) is 14.2. The second-order valence-electron chi connectivity index (χ2n) is 6.55. The summed E-state index contributed by atoms with van der Waals surface area (Å²) in [6.45, 7) is 8.67. The maximum Gasteiger partial charge on any atom is 0.323 e. The van der Waals surface area contributed by atoms with Crippen LogP contribution in [0.25, 0.3) is 5.65 Å². The van der Waals surface area contributed by atoms with Gasteiger partial charge in [0.2, 0.25) is 0 Å². The van der Waals surface area contributed by atoms with E-state index in [9.17, 15) is 4.79 Å². The summed E-state index contributed by atoms with van der Waals surface area (Å²) < 4.78 is 1.67. The van der Waals surface area contributed by atoms with Crippen LogP contribution in [0.3, 0.4) is 0 Å². The third-order valence-corrected chi connectivity index (χ3v) is 4.47. The summed E-state index contributed by atoms with van der Waals surface area (Å²) in [6, 6.07) is 3.97. The second-order valence-corrected chi connectivity index (χ2v) is 6.55. The van der Waals surface area contributed by atoms with Crippen molar-refractivity contribution < 1.29 is 4.79 Å². The highest BCUT2D eigenvalue weighted by Crippen LogP contribution is 2.17. The fraction of sp³-hybridized carbons (Fsp3) is 0.562. The fourth-order valence-corrected chi connectivity index (χ4v) is 3.10. The summed E-state index contributed by atoms with van der Waals surface area (Å²) >= 11 is 0. The molecular formula is C16H24N6O. The van der Waals surface area contributed by atoms with E-state index >= 15 is 0 Å². The molecule has 7 heteroatoms. The van der Waals surface area contributed by atoms with Gasteiger partial charge in [-0.05, 0) is 26.0 Å². The number of aromatic nitrogens is 3. The Morgan fingerprint density at radius 2 is 2.17 bits per heavy atom. The molecule has 3 rings (SSSR count). The van der Waals surface area contributed by atoms with Crippen LogP contribution in [0.1, 0.15) is 19.5 Å². The van der Waals surface area contributed by atoms with Gasteiger partial charge in [-0.1, -0.05) is 13.8 Å². The van der Waals surface area contributed by atoms with Crippen molar-refractivity contribution in [1.29, 1.82) is 0 Å². The van der Waals surface area contributed by atoms with Gasteiger partial charge in [-0.2, -0.15) is 9.61 Å². The van der Waals surface area contributed by atoms with E-state index in [1.807, 2.05) is 17.9 Å². The lowest BCUT2D eigenvalue weighted by molar-refractivity contribution is 0.0903. The standard InChI is InChI=1S/C16H24N6O/c1-11(2)13-10-21(8-7-20(13)4)16(23)18-14-5-6-17-15-9-12(3)19-22(14)15/h5-6,9,11,13H,7-8,10H2,1-4H3,(H,18,23)/t13-/m1/s1. The van der Waals surface area contributed by atoms with Crippen LogP contribution < -0.4 is 5.32 Å². The maximum absolute atomic E-state index is 12.6. The van der Waals surface area contributed by atoms with Gasteiger partial charge in [0.05, 0.1) is 5.69 Å². The number of amides is 2. The molecule has 0 spiro atoms. The molecule has 3 heterocycles. The van der Waals surface area contributed by atoms with Crippen molar-refractivity contribution >= 4 is 17.5 Å². The zero-order chi connectivity index (χ0) is 16.6. The van der Waals surface area contributed by atoms with Crippen LogP contribution in [0.15, 0.2) is 18.3 Å². The lowest BCUT2D eigenvalue weighted by Gasteiger charge is -2.41. The number of carbonyl (C=O) groups excluding carboxylic acids is 1. The molecule has 124 valence electrons. The molecule has 1 atom stereocenters. The highest BCUT2D eigenvalue weighted by molar-refractivity contribution is 5.88. The minimum absolute atomic E-state index is 0.0793. The molecule has 23 heavy (non-hydrogen) atoms. The van der Waals surface area contributed by atoms with Crippen LogP contribution in [0.4, 0.5) is 10.6 Å². The zero-order valence-electron chi connectivity index (χ0n) is 14.2. The van der Waals surface area contributed by atoms with E-state index in [-0.39, 0.29) is 6.03 Å². The van der Waals surface area contributed by atoms with E-state index < -0.39 is 0 Å². The normalized spacial score (nSPS) is 19.5. The van der Waals surface area contributed by atoms with Gasteiger partial charge in [-0.3, -0.25) is 10.2 Å². The first-order chi connectivity index (χ1) is 11.0. The molecule has 0 saturated carbocycles. The van der Waals surface area contributed by atoms with Crippen LogP contribution >= 0.6 is 0 Å². The van der Waals surface area contributed by atoms with Crippen LogP contribution in [-0.4, -0.2) is 63.2 Å². The van der Waals surface area contributed by atoms with Gasteiger partial charge < -0.3 is 4.90 Å². The van der Waals surface area contributed by atoms with Gasteiger partial charge in [0.1, 0.15) is 5.82 Å². The van der Waals surface area contributed by atoms with Crippen molar-refractivity contribution in [1.82, 2.24) is 24.4 Å². The molecule has 1 N–H and O–H groups in total. The lowest BCUT2D eigenvalue weighted by atomic mass is 10.0. The molecule has 1 aliphatic heterocycles. The number of piperazine rings is 1. The van der Waals surface area contributed by atoms with Crippen molar-refractivity contribution in [2.45, 2.75) is 26.8 Å². The molecule has 1 aliphatic rings. The third-order valence-electron chi connectivity index (χ3n) is 4.47. The Hall–Kier alpha value is -2.15. The third kappa shape index (κ3) is 3.14. The predicted octanol–water partition coefficient (Wildman–Crippen LogP) is 1.84. The average Bonchev–Trinajstić information content (AvgIpc) is 2.88. The highest BCUT2D eigenvalue weighted by atomic mass is 16.2. The summed E-state index contributed by atoms with van der Waals surface area (Å²) in [7, 11) is 2.12. The van der Waals surface area contributed by atoms with Crippen molar-refractivity contribution in [3.8, 4) is 0 Å². The fourth-order valence-electron chi connectivity index (χ4n) is 3.10. The number of likely N-dealkylation sites (N-methyl/N-ethyl adjacent to an activating group) is 1. The van der Waals surface area contributed by atoms with E-state index in [0.717, 1.165) is 31.0 Å². The number of nitrogens with one attached hydrogen (secondary N) is 1. The van der Waals surface area contributed by atoms with Crippen molar-refractivity contribution in [2.75, 3.05) is 32.0 Å². The Balaban J connectivity index is 1.76. The molecule has 1 saturated heterocycles. The van der Waals surface area contributed by atoms with Gasteiger partial charge in [0.15, 0.2) is 5.65 Å². The first-order valence-electron chi connectivity index (χ1n) is 8.03. The van der Waals surface area contributed by atoms with Gasteiger partial charge in [-0.25, -0.2) is 9.78 Å². The average molecular weight is 316 g/mol. The monoisotopic (exact) mass is 316 g/mol. The Kier molecular flexibility index (Phi) is 4.21. The number of hydrogen-bond donors (Lipinski definition) is 1. The van der Waals surface area contributed by atoms with Crippen LogP contribution in [0.5, 0.6) is 0 Å². The molecule has 0 aromatic carbocycles. The summed E-state index contributed by atoms with van der Waals surface area (Å²) in [5.74, 6) is 1.16.